The van der Waals surface area contributed by atoms with Crippen LogP contribution in [0, 0.1) is 0 Å². The van der Waals surface area contributed by atoms with Gasteiger partial charge in [-0.3, -0.25) is 0 Å². The van der Waals surface area contributed by atoms with Crippen molar-refractivity contribution in [1.29, 1.82) is 0 Å². The first-order valence-electron chi connectivity index (χ1n) is 11.0. The molecule has 0 aliphatic heterocycles. The second kappa shape index (κ2) is 11.2. The number of ether oxygens (including phenoxy) is 1. The largest absolute Gasteiger partial charge is 0.494 e. The van der Waals surface area contributed by atoms with Crippen LogP contribution in [0.3, 0.4) is 0 Å². The molecule has 0 saturated carbocycles. The maximum atomic E-state index is 13.6. The summed E-state index contributed by atoms with van der Waals surface area (Å²) in [5.74, 6) is 1.08. The molecule has 0 aliphatic rings. The van der Waals surface area contributed by atoms with E-state index in [0.29, 0.717) is 30.1 Å². The number of sulfonamides is 2. The summed E-state index contributed by atoms with van der Waals surface area (Å²) in [6.07, 6.45) is 2.12. The highest BCUT2D eigenvalue weighted by molar-refractivity contribution is 7.89. The van der Waals surface area contributed by atoms with E-state index in [2.05, 4.69) is 4.72 Å². The zero-order chi connectivity index (χ0) is 24.8. The summed E-state index contributed by atoms with van der Waals surface area (Å²) < 4.78 is 67.2. The highest BCUT2D eigenvalue weighted by atomic mass is 32.2. The van der Waals surface area contributed by atoms with Crippen molar-refractivity contribution >= 4 is 20.0 Å². The number of furan rings is 1. The van der Waals surface area contributed by atoms with Crippen molar-refractivity contribution in [3.05, 3.63) is 78.3 Å². The number of rotatable bonds is 12. The molecular formula is C24H30N2O6S2. The fourth-order valence-corrected chi connectivity index (χ4v) is 5.99. The minimum absolute atomic E-state index is 0.00537. The van der Waals surface area contributed by atoms with Crippen molar-refractivity contribution in [2.45, 2.75) is 56.1 Å². The van der Waals surface area contributed by atoms with E-state index in [1.54, 1.807) is 25.1 Å². The average Bonchev–Trinajstić information content (AvgIpc) is 3.33. The zero-order valence-electron chi connectivity index (χ0n) is 19.5. The first-order valence-corrected chi connectivity index (χ1v) is 13.9. The molecule has 0 radical (unpaired) electrons. The van der Waals surface area contributed by atoms with Crippen LogP contribution < -0.4 is 9.46 Å². The van der Waals surface area contributed by atoms with E-state index in [-0.39, 0.29) is 28.9 Å². The predicted molar refractivity (Wildman–Crippen MR) is 129 cm³/mol. The summed E-state index contributed by atoms with van der Waals surface area (Å²) in [7, 11) is -7.74. The summed E-state index contributed by atoms with van der Waals surface area (Å²) in [5, 5.41) is 0. The fourth-order valence-electron chi connectivity index (χ4n) is 3.28. The maximum Gasteiger partial charge on any atom is 0.243 e. The maximum absolute atomic E-state index is 13.6. The minimum atomic E-state index is -3.99. The van der Waals surface area contributed by atoms with Crippen molar-refractivity contribution in [3.63, 3.8) is 0 Å². The first kappa shape index (κ1) is 26.0. The predicted octanol–water partition coefficient (Wildman–Crippen LogP) is 4.15. The third kappa shape index (κ3) is 6.26. The number of hydrogen-bond donors (Lipinski definition) is 1. The lowest BCUT2D eigenvalue weighted by molar-refractivity contribution is 0.321. The quantitative estimate of drug-likeness (QED) is 0.396. The van der Waals surface area contributed by atoms with Gasteiger partial charge in [0.05, 0.1) is 29.2 Å². The van der Waals surface area contributed by atoms with Gasteiger partial charge in [-0.2, -0.15) is 4.31 Å². The summed E-state index contributed by atoms with van der Waals surface area (Å²) in [6.45, 7) is 6.01. The molecule has 0 amide bonds. The van der Waals surface area contributed by atoms with Gasteiger partial charge < -0.3 is 9.15 Å². The lowest BCUT2D eigenvalue weighted by atomic mass is 10.2. The molecule has 2 aromatic carbocycles. The Kier molecular flexibility index (Phi) is 8.53. The van der Waals surface area contributed by atoms with Gasteiger partial charge in [-0.25, -0.2) is 21.6 Å². The molecule has 10 heteroatoms. The number of hydrogen-bond acceptors (Lipinski definition) is 6. The fraction of sp³-hybridized carbons (Fsp3) is 0.333. The van der Waals surface area contributed by atoms with E-state index in [0.717, 1.165) is 0 Å². The Morgan fingerprint density at radius 1 is 0.912 bits per heavy atom. The third-order valence-corrected chi connectivity index (χ3v) is 8.68. The van der Waals surface area contributed by atoms with Crippen LogP contribution in [0.2, 0.25) is 0 Å². The molecule has 0 bridgehead atoms. The molecule has 184 valence electrons. The van der Waals surface area contributed by atoms with E-state index in [4.69, 9.17) is 9.15 Å². The minimum Gasteiger partial charge on any atom is -0.494 e. The summed E-state index contributed by atoms with van der Waals surface area (Å²) in [4.78, 5) is -0.0125. The molecule has 1 heterocycles. The first-order chi connectivity index (χ1) is 16.2. The molecular weight excluding hydrogens is 476 g/mol. The molecule has 1 aromatic heterocycles. The van der Waals surface area contributed by atoms with E-state index in [9.17, 15) is 16.8 Å². The Morgan fingerprint density at radius 2 is 1.59 bits per heavy atom. The van der Waals surface area contributed by atoms with Crippen molar-refractivity contribution in [2.75, 3.05) is 6.61 Å². The van der Waals surface area contributed by atoms with Crippen molar-refractivity contribution in [3.8, 4) is 5.75 Å². The van der Waals surface area contributed by atoms with Gasteiger partial charge in [0.15, 0.2) is 0 Å². The van der Waals surface area contributed by atoms with Crippen molar-refractivity contribution in [1.82, 2.24) is 9.03 Å². The topological polar surface area (TPSA) is 106 Å². The highest BCUT2D eigenvalue weighted by Crippen LogP contribution is 2.26. The number of nitrogens with one attached hydrogen (secondary N) is 1. The van der Waals surface area contributed by atoms with Crippen molar-refractivity contribution in [2.24, 2.45) is 0 Å². The molecule has 0 saturated heterocycles. The van der Waals surface area contributed by atoms with Gasteiger partial charge >= 0.3 is 0 Å². The van der Waals surface area contributed by atoms with Gasteiger partial charge in [-0.15, -0.1) is 0 Å². The molecule has 0 unspecified atom stereocenters. The van der Waals surface area contributed by atoms with Crippen LogP contribution in [0.15, 0.2) is 81.1 Å². The van der Waals surface area contributed by atoms with Crippen LogP contribution in [0.5, 0.6) is 5.75 Å². The molecule has 1 N–H and O–H groups in total. The van der Waals surface area contributed by atoms with Crippen LogP contribution in [-0.2, 0) is 33.1 Å². The Morgan fingerprint density at radius 3 is 2.21 bits per heavy atom. The standard InChI is InChI=1S/C24H30N2O6S2/c1-4-19(3)25-33(27,28)22-12-14-23(15-13-22)34(29,30)26(18-21-10-8-16-32-21)17-20-9-6-7-11-24(20)31-5-2/h6-16,19,25H,4-5,17-18H2,1-3H3/t19-/m0/s1. The van der Waals surface area contributed by atoms with Gasteiger partial charge in [0.2, 0.25) is 20.0 Å². The lowest BCUT2D eigenvalue weighted by Crippen LogP contribution is -2.32. The van der Waals surface area contributed by atoms with E-state index in [1.165, 1.54) is 34.8 Å². The molecule has 8 nitrogen and oxygen atoms in total. The number of benzene rings is 2. The Labute approximate surface area is 201 Å². The Bertz CT molecular complexity index is 1270. The molecule has 0 aliphatic carbocycles. The van der Waals surface area contributed by atoms with Gasteiger partial charge in [0.25, 0.3) is 0 Å². The lowest BCUT2D eigenvalue weighted by Gasteiger charge is -2.23. The Hall–Kier alpha value is -2.66. The summed E-state index contributed by atoms with van der Waals surface area (Å²) in [6, 6.07) is 15.6. The zero-order valence-corrected chi connectivity index (χ0v) is 21.1. The molecule has 3 rings (SSSR count). The van der Waals surface area contributed by atoms with E-state index >= 15 is 0 Å². The normalized spacial score (nSPS) is 13.2. The highest BCUT2D eigenvalue weighted by Gasteiger charge is 2.27. The smallest absolute Gasteiger partial charge is 0.243 e. The molecule has 3 aromatic rings. The number of nitrogens with zero attached hydrogens (tertiary/aromatic N) is 1. The third-order valence-electron chi connectivity index (χ3n) is 5.27. The van der Waals surface area contributed by atoms with Crippen molar-refractivity contribution < 1.29 is 26.0 Å². The van der Waals surface area contributed by atoms with Crippen LogP contribution in [0.25, 0.3) is 0 Å². The summed E-state index contributed by atoms with van der Waals surface area (Å²) >= 11 is 0. The summed E-state index contributed by atoms with van der Waals surface area (Å²) in [5.41, 5.74) is 0.705. The molecule has 0 spiro atoms. The molecule has 1 atom stereocenters. The van der Waals surface area contributed by atoms with Gasteiger partial charge in [-0.1, -0.05) is 25.1 Å². The van der Waals surface area contributed by atoms with Crippen LogP contribution in [-0.4, -0.2) is 33.8 Å². The van der Waals surface area contributed by atoms with Crippen LogP contribution >= 0.6 is 0 Å². The van der Waals surface area contributed by atoms with Gasteiger partial charge in [0, 0.05) is 18.2 Å². The van der Waals surface area contributed by atoms with E-state index in [1.807, 2.05) is 32.0 Å². The van der Waals surface area contributed by atoms with Gasteiger partial charge in [0.1, 0.15) is 11.5 Å². The van der Waals surface area contributed by atoms with Crippen LogP contribution in [0.4, 0.5) is 0 Å². The van der Waals surface area contributed by atoms with Gasteiger partial charge in [-0.05, 0) is 62.7 Å². The van der Waals surface area contributed by atoms with Crippen LogP contribution in [0.1, 0.15) is 38.5 Å². The van der Waals surface area contributed by atoms with E-state index < -0.39 is 20.0 Å². The molecule has 34 heavy (non-hydrogen) atoms. The second-order valence-electron chi connectivity index (χ2n) is 7.80. The Balaban J connectivity index is 1.94. The molecule has 0 fully saturated rings. The SMILES string of the molecule is CCOc1ccccc1CN(Cc1ccco1)S(=O)(=O)c1ccc(S(=O)(=O)N[C@@H](C)CC)cc1. The number of para-hydroxylation sites is 1. The second-order valence-corrected chi connectivity index (χ2v) is 11.4. The monoisotopic (exact) mass is 506 g/mol. The average molecular weight is 507 g/mol.